The summed E-state index contributed by atoms with van der Waals surface area (Å²) in [6.45, 7) is 4.24. The van der Waals surface area contributed by atoms with Crippen molar-refractivity contribution in [2.75, 3.05) is 0 Å². The molecule has 1 rings (SSSR count). The minimum absolute atomic E-state index is 0.128. The molecule has 1 nitrogen and oxygen atoms in total. The van der Waals surface area contributed by atoms with Crippen molar-refractivity contribution in [2.45, 2.75) is 77.3 Å². The standard InChI is InChI=1S/C16H25F3O/c1-3-5-7-8-10-13(9-6-4-2)14-11-12-15(20-14)16(17,18)19/h11-13H,3-10H2,1-2H3. The molecule has 0 saturated heterocycles. The first kappa shape index (κ1) is 17.1. The molecule has 1 atom stereocenters. The highest BCUT2D eigenvalue weighted by atomic mass is 19.4. The predicted molar refractivity (Wildman–Crippen MR) is 74.7 cm³/mol. The zero-order chi connectivity index (χ0) is 15.0. The Morgan fingerprint density at radius 2 is 1.60 bits per heavy atom. The maximum absolute atomic E-state index is 12.6. The van der Waals surface area contributed by atoms with Crippen LogP contribution in [0.25, 0.3) is 0 Å². The molecule has 4 heteroatoms. The number of halogens is 3. The Labute approximate surface area is 119 Å². The lowest BCUT2D eigenvalue weighted by Gasteiger charge is -2.14. The maximum Gasteiger partial charge on any atom is 0.449 e. The Morgan fingerprint density at radius 3 is 2.15 bits per heavy atom. The summed E-state index contributed by atoms with van der Waals surface area (Å²) in [6.07, 6.45) is 4.09. The zero-order valence-corrected chi connectivity index (χ0v) is 12.4. The quantitative estimate of drug-likeness (QED) is 0.470. The molecule has 0 amide bonds. The second kappa shape index (κ2) is 8.38. The molecule has 20 heavy (non-hydrogen) atoms. The van der Waals surface area contributed by atoms with E-state index in [0.29, 0.717) is 5.76 Å². The van der Waals surface area contributed by atoms with Crippen LogP contribution in [0.5, 0.6) is 0 Å². The molecule has 0 radical (unpaired) electrons. The Hall–Kier alpha value is -0.930. The van der Waals surface area contributed by atoms with Crippen molar-refractivity contribution in [2.24, 2.45) is 0 Å². The molecule has 0 fully saturated rings. The van der Waals surface area contributed by atoms with E-state index in [1.807, 2.05) is 0 Å². The fourth-order valence-corrected chi connectivity index (χ4v) is 2.42. The van der Waals surface area contributed by atoms with Gasteiger partial charge in [0, 0.05) is 5.92 Å². The largest absolute Gasteiger partial charge is 0.456 e. The fourth-order valence-electron chi connectivity index (χ4n) is 2.42. The lowest BCUT2D eigenvalue weighted by Crippen LogP contribution is -2.03. The third-order valence-corrected chi connectivity index (χ3v) is 3.62. The minimum atomic E-state index is -4.38. The van der Waals surface area contributed by atoms with Crippen LogP contribution in [0.1, 0.15) is 82.7 Å². The van der Waals surface area contributed by atoms with Crippen LogP contribution in [0.15, 0.2) is 16.5 Å². The molecular weight excluding hydrogens is 265 g/mol. The fraction of sp³-hybridized carbons (Fsp3) is 0.750. The molecule has 0 N–H and O–H groups in total. The lowest BCUT2D eigenvalue weighted by molar-refractivity contribution is -0.153. The average Bonchev–Trinajstić information content (AvgIpc) is 2.87. The van der Waals surface area contributed by atoms with E-state index >= 15 is 0 Å². The van der Waals surface area contributed by atoms with E-state index in [1.54, 1.807) is 0 Å². The van der Waals surface area contributed by atoms with Gasteiger partial charge in [0.25, 0.3) is 0 Å². The summed E-state index contributed by atoms with van der Waals surface area (Å²) in [5.41, 5.74) is 0. The van der Waals surface area contributed by atoms with Crippen LogP contribution < -0.4 is 0 Å². The highest BCUT2D eigenvalue weighted by Crippen LogP contribution is 2.35. The van der Waals surface area contributed by atoms with Crippen molar-refractivity contribution in [3.63, 3.8) is 0 Å². The van der Waals surface area contributed by atoms with Crippen LogP contribution in [0.3, 0.4) is 0 Å². The monoisotopic (exact) mass is 290 g/mol. The van der Waals surface area contributed by atoms with Crippen LogP contribution in [0.2, 0.25) is 0 Å². The van der Waals surface area contributed by atoms with Crippen molar-refractivity contribution in [1.29, 1.82) is 0 Å². The minimum Gasteiger partial charge on any atom is -0.456 e. The van der Waals surface area contributed by atoms with Crippen LogP contribution in [0.4, 0.5) is 13.2 Å². The smallest absolute Gasteiger partial charge is 0.449 e. The van der Waals surface area contributed by atoms with Gasteiger partial charge < -0.3 is 4.42 Å². The van der Waals surface area contributed by atoms with Gasteiger partial charge in [0.1, 0.15) is 5.76 Å². The summed E-state index contributed by atoms with van der Waals surface area (Å²) in [5.74, 6) is -0.243. The van der Waals surface area contributed by atoms with Gasteiger partial charge in [-0.25, -0.2) is 0 Å². The predicted octanol–water partition coefficient (Wildman–Crippen LogP) is 6.54. The summed E-state index contributed by atoms with van der Waals surface area (Å²) >= 11 is 0. The van der Waals surface area contributed by atoms with Gasteiger partial charge >= 0.3 is 6.18 Å². The maximum atomic E-state index is 12.6. The van der Waals surface area contributed by atoms with Gasteiger partial charge in [-0.3, -0.25) is 0 Å². The highest BCUT2D eigenvalue weighted by molar-refractivity contribution is 5.13. The number of unbranched alkanes of at least 4 members (excludes halogenated alkanes) is 4. The average molecular weight is 290 g/mol. The van der Waals surface area contributed by atoms with E-state index in [9.17, 15) is 13.2 Å². The van der Waals surface area contributed by atoms with Crippen LogP contribution in [0, 0.1) is 0 Å². The molecule has 0 bridgehead atoms. The molecule has 1 aromatic rings. The molecule has 116 valence electrons. The summed E-state index contributed by atoms with van der Waals surface area (Å²) in [7, 11) is 0. The lowest BCUT2D eigenvalue weighted by atomic mass is 9.93. The number of furan rings is 1. The molecule has 0 aliphatic carbocycles. The molecule has 0 spiro atoms. The summed E-state index contributed by atoms with van der Waals surface area (Å²) in [4.78, 5) is 0. The van der Waals surface area contributed by atoms with Crippen molar-refractivity contribution in [3.05, 3.63) is 23.7 Å². The van der Waals surface area contributed by atoms with E-state index in [1.165, 1.54) is 18.9 Å². The van der Waals surface area contributed by atoms with Crippen molar-refractivity contribution < 1.29 is 17.6 Å². The molecule has 1 heterocycles. The molecule has 0 saturated carbocycles. The molecular formula is C16H25F3O. The summed E-state index contributed by atoms with van der Waals surface area (Å²) in [6, 6.07) is 2.56. The summed E-state index contributed by atoms with van der Waals surface area (Å²) < 4.78 is 42.8. The Kier molecular flexibility index (Phi) is 7.17. The van der Waals surface area contributed by atoms with E-state index < -0.39 is 11.9 Å². The first-order chi connectivity index (χ1) is 9.49. The van der Waals surface area contributed by atoms with E-state index in [2.05, 4.69) is 13.8 Å². The van der Waals surface area contributed by atoms with E-state index in [0.717, 1.165) is 44.6 Å². The first-order valence-corrected chi connectivity index (χ1v) is 7.66. The molecule has 1 unspecified atom stereocenters. The number of alkyl halides is 3. The topological polar surface area (TPSA) is 13.1 Å². The molecule has 0 aliphatic heterocycles. The third-order valence-electron chi connectivity index (χ3n) is 3.62. The van der Waals surface area contributed by atoms with Gasteiger partial charge in [-0.1, -0.05) is 52.4 Å². The normalized spacial score (nSPS) is 13.7. The van der Waals surface area contributed by atoms with Crippen LogP contribution >= 0.6 is 0 Å². The number of hydrogen-bond acceptors (Lipinski definition) is 1. The molecule has 1 aromatic heterocycles. The first-order valence-electron chi connectivity index (χ1n) is 7.66. The number of hydrogen-bond donors (Lipinski definition) is 0. The van der Waals surface area contributed by atoms with Crippen molar-refractivity contribution in [1.82, 2.24) is 0 Å². The Balaban J connectivity index is 2.64. The van der Waals surface area contributed by atoms with Crippen LogP contribution in [-0.2, 0) is 6.18 Å². The summed E-state index contributed by atoms with van der Waals surface area (Å²) in [5, 5.41) is 0. The molecule has 0 aliphatic rings. The second-order valence-corrected chi connectivity index (χ2v) is 5.39. The van der Waals surface area contributed by atoms with Gasteiger partial charge in [-0.15, -0.1) is 0 Å². The van der Waals surface area contributed by atoms with Crippen molar-refractivity contribution in [3.8, 4) is 0 Å². The third kappa shape index (κ3) is 5.59. The van der Waals surface area contributed by atoms with Gasteiger partial charge in [-0.2, -0.15) is 13.2 Å². The van der Waals surface area contributed by atoms with Gasteiger partial charge in [-0.05, 0) is 25.0 Å². The van der Waals surface area contributed by atoms with Gasteiger partial charge in [0.2, 0.25) is 5.76 Å². The van der Waals surface area contributed by atoms with Crippen molar-refractivity contribution >= 4 is 0 Å². The van der Waals surface area contributed by atoms with Gasteiger partial charge in [0.05, 0.1) is 0 Å². The SMILES string of the molecule is CCCCCCC(CCCC)c1ccc(C(F)(F)F)o1. The second-order valence-electron chi connectivity index (χ2n) is 5.39. The van der Waals surface area contributed by atoms with E-state index in [-0.39, 0.29) is 5.92 Å². The van der Waals surface area contributed by atoms with Crippen LogP contribution in [-0.4, -0.2) is 0 Å². The van der Waals surface area contributed by atoms with E-state index in [4.69, 9.17) is 4.42 Å². The van der Waals surface area contributed by atoms with Gasteiger partial charge in [0.15, 0.2) is 0 Å². The number of rotatable bonds is 9. The molecule has 0 aromatic carbocycles. The highest BCUT2D eigenvalue weighted by Gasteiger charge is 2.35. The zero-order valence-electron chi connectivity index (χ0n) is 12.4. The Morgan fingerprint density at radius 1 is 0.950 bits per heavy atom. The Bertz CT molecular complexity index is 368.